The second kappa shape index (κ2) is 5.49. The highest BCUT2D eigenvalue weighted by atomic mass is 15.0. The molecule has 19 heavy (non-hydrogen) atoms. The van der Waals surface area contributed by atoms with Crippen LogP contribution in [-0.2, 0) is 0 Å². The van der Waals surface area contributed by atoms with Crippen LogP contribution in [0.3, 0.4) is 0 Å². The Morgan fingerprint density at radius 2 is 1.47 bits per heavy atom. The predicted octanol–water partition coefficient (Wildman–Crippen LogP) is 3.02. The minimum absolute atomic E-state index is 0.0416. The molecule has 1 atom stereocenters. The van der Waals surface area contributed by atoms with Gasteiger partial charge in [-0.05, 0) is 62.6 Å². The van der Waals surface area contributed by atoms with Gasteiger partial charge in [0, 0.05) is 12.4 Å². The highest BCUT2D eigenvalue weighted by molar-refractivity contribution is 5.40. The number of nitrogens with one attached hydrogen (secondary N) is 1. The smallest absolute Gasteiger partial charge is 0.149 e. The number of aryl methyl sites for hydroxylation is 4. The molecule has 0 radical (unpaired) electrons. The standard InChI is InChI=1S/C16H21N3/c1-10-8-18-16(19-9-10)15(17-5)14-7-12(3)11(2)6-13(14)4/h6-9,15,17H,1-5H3. The van der Waals surface area contributed by atoms with Gasteiger partial charge in [-0.25, -0.2) is 9.97 Å². The molecule has 0 aliphatic rings. The van der Waals surface area contributed by atoms with Crippen molar-refractivity contribution in [1.29, 1.82) is 0 Å². The van der Waals surface area contributed by atoms with Gasteiger partial charge < -0.3 is 5.32 Å². The van der Waals surface area contributed by atoms with Crippen molar-refractivity contribution >= 4 is 0 Å². The maximum Gasteiger partial charge on any atom is 0.149 e. The SMILES string of the molecule is CNC(c1ncc(C)cn1)c1cc(C)c(C)cc1C. The molecule has 2 aromatic rings. The fraction of sp³-hybridized carbons (Fsp3) is 0.375. The third-order valence-corrected chi connectivity index (χ3v) is 3.54. The van der Waals surface area contributed by atoms with Crippen LogP contribution >= 0.6 is 0 Å². The lowest BCUT2D eigenvalue weighted by molar-refractivity contribution is 0.641. The van der Waals surface area contributed by atoms with Crippen LogP contribution in [0.2, 0.25) is 0 Å². The quantitative estimate of drug-likeness (QED) is 0.916. The number of benzene rings is 1. The number of rotatable bonds is 3. The summed E-state index contributed by atoms with van der Waals surface area (Å²) >= 11 is 0. The molecule has 1 heterocycles. The van der Waals surface area contributed by atoms with E-state index < -0.39 is 0 Å². The summed E-state index contributed by atoms with van der Waals surface area (Å²) in [7, 11) is 1.95. The molecule has 0 aliphatic heterocycles. The number of aromatic nitrogens is 2. The average molecular weight is 255 g/mol. The molecule has 0 aliphatic carbocycles. The van der Waals surface area contributed by atoms with Crippen LogP contribution in [0.1, 0.15) is 39.7 Å². The van der Waals surface area contributed by atoms with Crippen LogP contribution in [0.4, 0.5) is 0 Å². The molecule has 0 saturated heterocycles. The molecule has 1 unspecified atom stereocenters. The van der Waals surface area contributed by atoms with Gasteiger partial charge in [0.1, 0.15) is 5.82 Å². The van der Waals surface area contributed by atoms with Gasteiger partial charge in [0.25, 0.3) is 0 Å². The van der Waals surface area contributed by atoms with Gasteiger partial charge in [-0.1, -0.05) is 12.1 Å². The fourth-order valence-electron chi connectivity index (χ4n) is 2.27. The molecule has 3 nitrogen and oxygen atoms in total. The largest absolute Gasteiger partial charge is 0.307 e. The van der Waals surface area contributed by atoms with Gasteiger partial charge in [0.15, 0.2) is 0 Å². The second-order valence-electron chi connectivity index (χ2n) is 5.13. The first-order chi connectivity index (χ1) is 9.02. The molecule has 100 valence electrons. The van der Waals surface area contributed by atoms with Crippen molar-refractivity contribution in [3.05, 3.63) is 58.2 Å². The number of hydrogen-bond acceptors (Lipinski definition) is 3. The molecule has 1 aromatic heterocycles. The van der Waals surface area contributed by atoms with Crippen molar-refractivity contribution in [3.63, 3.8) is 0 Å². The van der Waals surface area contributed by atoms with E-state index in [-0.39, 0.29) is 6.04 Å². The molecular formula is C16H21N3. The molecule has 0 amide bonds. The normalized spacial score (nSPS) is 12.5. The third-order valence-electron chi connectivity index (χ3n) is 3.54. The van der Waals surface area contributed by atoms with E-state index in [1.165, 1.54) is 22.3 Å². The molecule has 0 fully saturated rings. The van der Waals surface area contributed by atoms with Gasteiger partial charge in [0.2, 0.25) is 0 Å². The summed E-state index contributed by atoms with van der Waals surface area (Å²) in [5.74, 6) is 0.819. The van der Waals surface area contributed by atoms with E-state index in [1.54, 1.807) is 0 Å². The van der Waals surface area contributed by atoms with E-state index in [0.29, 0.717) is 0 Å². The lowest BCUT2D eigenvalue weighted by atomic mass is 9.95. The van der Waals surface area contributed by atoms with Crippen molar-refractivity contribution in [1.82, 2.24) is 15.3 Å². The first kappa shape index (κ1) is 13.7. The minimum Gasteiger partial charge on any atom is -0.307 e. The zero-order chi connectivity index (χ0) is 14.0. The van der Waals surface area contributed by atoms with Crippen LogP contribution in [-0.4, -0.2) is 17.0 Å². The van der Waals surface area contributed by atoms with Gasteiger partial charge >= 0.3 is 0 Å². The Hall–Kier alpha value is -1.74. The van der Waals surface area contributed by atoms with Crippen molar-refractivity contribution in [2.24, 2.45) is 0 Å². The average Bonchev–Trinajstić information content (AvgIpc) is 2.38. The van der Waals surface area contributed by atoms with E-state index >= 15 is 0 Å². The van der Waals surface area contributed by atoms with E-state index in [1.807, 2.05) is 26.4 Å². The Morgan fingerprint density at radius 1 is 0.895 bits per heavy atom. The number of hydrogen-bond donors (Lipinski definition) is 1. The maximum atomic E-state index is 4.45. The Labute approximate surface area is 115 Å². The molecule has 1 N–H and O–H groups in total. The first-order valence-electron chi connectivity index (χ1n) is 6.56. The van der Waals surface area contributed by atoms with Gasteiger partial charge in [-0.3, -0.25) is 0 Å². The highest BCUT2D eigenvalue weighted by Gasteiger charge is 2.17. The summed E-state index contributed by atoms with van der Waals surface area (Å²) < 4.78 is 0. The van der Waals surface area contributed by atoms with Crippen LogP contribution in [0.5, 0.6) is 0 Å². The summed E-state index contributed by atoms with van der Waals surface area (Å²) in [6.45, 7) is 8.42. The molecule has 1 aromatic carbocycles. The Morgan fingerprint density at radius 3 is 2.05 bits per heavy atom. The minimum atomic E-state index is 0.0416. The van der Waals surface area contributed by atoms with Crippen molar-refractivity contribution < 1.29 is 0 Å². The number of nitrogens with zero attached hydrogens (tertiary/aromatic N) is 2. The van der Waals surface area contributed by atoms with Crippen molar-refractivity contribution in [2.45, 2.75) is 33.7 Å². The summed E-state index contributed by atoms with van der Waals surface area (Å²) in [6.07, 6.45) is 3.73. The van der Waals surface area contributed by atoms with Crippen molar-refractivity contribution in [3.8, 4) is 0 Å². The van der Waals surface area contributed by atoms with E-state index in [4.69, 9.17) is 0 Å². The zero-order valence-corrected chi connectivity index (χ0v) is 12.3. The Kier molecular flexibility index (Phi) is 3.96. The van der Waals surface area contributed by atoms with E-state index in [2.05, 4.69) is 48.2 Å². The Balaban J connectivity index is 2.47. The molecule has 0 bridgehead atoms. The molecule has 2 rings (SSSR count). The van der Waals surface area contributed by atoms with Gasteiger partial charge in [-0.2, -0.15) is 0 Å². The monoisotopic (exact) mass is 255 g/mol. The first-order valence-corrected chi connectivity index (χ1v) is 6.56. The highest BCUT2D eigenvalue weighted by Crippen LogP contribution is 2.25. The fourth-order valence-corrected chi connectivity index (χ4v) is 2.27. The molecule has 0 spiro atoms. The summed E-state index contributed by atoms with van der Waals surface area (Å²) in [5.41, 5.74) is 6.21. The molecule has 3 heteroatoms. The van der Waals surface area contributed by atoms with E-state index in [9.17, 15) is 0 Å². The zero-order valence-electron chi connectivity index (χ0n) is 12.3. The second-order valence-corrected chi connectivity index (χ2v) is 5.13. The van der Waals surface area contributed by atoms with Crippen LogP contribution < -0.4 is 5.32 Å². The van der Waals surface area contributed by atoms with Crippen LogP contribution in [0.15, 0.2) is 24.5 Å². The maximum absolute atomic E-state index is 4.45. The third kappa shape index (κ3) is 2.82. The summed E-state index contributed by atoms with van der Waals surface area (Å²) in [4.78, 5) is 8.89. The lowest BCUT2D eigenvalue weighted by Gasteiger charge is -2.19. The van der Waals surface area contributed by atoms with Crippen molar-refractivity contribution in [2.75, 3.05) is 7.05 Å². The lowest BCUT2D eigenvalue weighted by Crippen LogP contribution is -2.21. The van der Waals surface area contributed by atoms with Crippen LogP contribution in [0, 0.1) is 27.7 Å². The molecule has 0 saturated carbocycles. The van der Waals surface area contributed by atoms with E-state index in [0.717, 1.165) is 11.4 Å². The predicted molar refractivity (Wildman–Crippen MR) is 78.3 cm³/mol. The van der Waals surface area contributed by atoms with Gasteiger partial charge in [-0.15, -0.1) is 0 Å². The van der Waals surface area contributed by atoms with Gasteiger partial charge in [0.05, 0.1) is 6.04 Å². The topological polar surface area (TPSA) is 37.8 Å². The summed E-state index contributed by atoms with van der Waals surface area (Å²) in [5, 5.41) is 3.32. The molecular weight excluding hydrogens is 234 g/mol. The Bertz CT molecular complexity index is 573. The summed E-state index contributed by atoms with van der Waals surface area (Å²) in [6, 6.07) is 4.50. The van der Waals surface area contributed by atoms with Crippen LogP contribution in [0.25, 0.3) is 0 Å².